The molecule has 0 saturated carbocycles. The number of piperazine rings is 1. The van der Waals surface area contributed by atoms with Gasteiger partial charge in [0, 0.05) is 37.9 Å². The van der Waals surface area contributed by atoms with Gasteiger partial charge in [-0.15, -0.1) is 0 Å². The second-order valence-corrected chi connectivity index (χ2v) is 7.15. The molecule has 3 rings (SSSR count). The fourth-order valence-electron chi connectivity index (χ4n) is 3.32. The lowest BCUT2D eigenvalue weighted by Gasteiger charge is -2.38. The molecular weight excluding hydrogens is 376 g/mol. The van der Waals surface area contributed by atoms with Crippen molar-refractivity contribution in [1.82, 2.24) is 4.90 Å². The van der Waals surface area contributed by atoms with Gasteiger partial charge in [0.25, 0.3) is 5.69 Å². The third-order valence-corrected chi connectivity index (χ3v) is 5.48. The maximum atomic E-state index is 10.9. The summed E-state index contributed by atoms with van der Waals surface area (Å²) >= 11 is 5.56. The molecule has 0 aromatic heterocycles. The van der Waals surface area contributed by atoms with Gasteiger partial charge in [-0.1, -0.05) is 12.1 Å². The Kier molecular flexibility index (Phi) is 5.99. The Labute approximate surface area is 170 Å². The summed E-state index contributed by atoms with van der Waals surface area (Å²) in [5, 5.41) is 14.7. The first kappa shape index (κ1) is 19.9. The van der Waals surface area contributed by atoms with Crippen LogP contribution in [0.2, 0.25) is 0 Å². The van der Waals surface area contributed by atoms with Crippen LogP contribution in [0.15, 0.2) is 36.4 Å². The Bertz CT molecular complexity index is 895. The number of anilines is 2. The molecule has 1 N–H and O–H groups in total. The Balaban J connectivity index is 1.64. The SMILES string of the molecule is COc1cc([N+](=O)[O-])ccc1NC(=S)N1CCN(c2cccc(C)c2C)CC1. The lowest BCUT2D eigenvalue weighted by atomic mass is 10.1. The molecule has 0 radical (unpaired) electrons. The first-order valence-corrected chi connectivity index (χ1v) is 9.51. The van der Waals surface area contributed by atoms with Crippen molar-refractivity contribution in [1.29, 1.82) is 0 Å². The number of methoxy groups -OCH3 is 1. The number of nitrogens with zero attached hydrogens (tertiary/aromatic N) is 3. The molecule has 8 heteroatoms. The molecule has 1 heterocycles. The van der Waals surface area contributed by atoms with E-state index in [1.807, 2.05) is 0 Å². The van der Waals surface area contributed by atoms with Gasteiger partial charge in [-0.3, -0.25) is 10.1 Å². The fourth-order valence-corrected chi connectivity index (χ4v) is 3.61. The number of thiocarbonyl (C=S) groups is 1. The maximum absolute atomic E-state index is 10.9. The van der Waals surface area contributed by atoms with Crippen molar-refractivity contribution in [2.24, 2.45) is 0 Å². The molecule has 0 aliphatic carbocycles. The van der Waals surface area contributed by atoms with Crippen molar-refractivity contribution in [3.8, 4) is 5.75 Å². The standard InChI is InChI=1S/C20H24N4O3S/c1-14-5-4-6-18(15(14)2)22-9-11-23(12-10-22)20(28)21-17-8-7-16(24(25)26)13-19(17)27-3/h4-8,13H,9-12H2,1-3H3,(H,21,28). The normalized spacial score (nSPS) is 14.0. The molecule has 1 saturated heterocycles. The minimum Gasteiger partial charge on any atom is -0.494 e. The Hall–Kier alpha value is -2.87. The van der Waals surface area contributed by atoms with Crippen molar-refractivity contribution < 1.29 is 9.66 Å². The van der Waals surface area contributed by atoms with Gasteiger partial charge in [-0.25, -0.2) is 0 Å². The van der Waals surface area contributed by atoms with E-state index in [4.69, 9.17) is 17.0 Å². The molecule has 0 atom stereocenters. The minimum atomic E-state index is -0.447. The summed E-state index contributed by atoms with van der Waals surface area (Å²) in [5.41, 5.74) is 4.48. The summed E-state index contributed by atoms with van der Waals surface area (Å²) in [6.07, 6.45) is 0. The highest BCUT2D eigenvalue weighted by molar-refractivity contribution is 7.80. The molecule has 2 aromatic carbocycles. The molecule has 2 aromatic rings. The number of hydrogen-bond acceptors (Lipinski definition) is 5. The average molecular weight is 401 g/mol. The summed E-state index contributed by atoms with van der Waals surface area (Å²) in [4.78, 5) is 15.0. The highest BCUT2D eigenvalue weighted by Crippen LogP contribution is 2.29. The average Bonchev–Trinajstić information content (AvgIpc) is 2.70. The topological polar surface area (TPSA) is 70.9 Å². The van der Waals surface area contributed by atoms with Crippen LogP contribution in [0, 0.1) is 24.0 Å². The van der Waals surface area contributed by atoms with Gasteiger partial charge >= 0.3 is 0 Å². The zero-order valence-corrected chi connectivity index (χ0v) is 17.1. The van der Waals surface area contributed by atoms with Crippen molar-refractivity contribution in [3.63, 3.8) is 0 Å². The van der Waals surface area contributed by atoms with Crippen LogP contribution in [-0.2, 0) is 0 Å². The van der Waals surface area contributed by atoms with E-state index in [1.165, 1.54) is 36.1 Å². The molecule has 1 fully saturated rings. The number of nitro groups is 1. The van der Waals surface area contributed by atoms with Crippen molar-refractivity contribution in [2.45, 2.75) is 13.8 Å². The number of hydrogen-bond donors (Lipinski definition) is 1. The van der Waals surface area contributed by atoms with Gasteiger partial charge in [0.05, 0.1) is 23.8 Å². The minimum absolute atomic E-state index is 0.0181. The van der Waals surface area contributed by atoms with Gasteiger partial charge < -0.3 is 19.9 Å². The lowest BCUT2D eigenvalue weighted by molar-refractivity contribution is -0.384. The smallest absolute Gasteiger partial charge is 0.273 e. The number of aryl methyl sites for hydroxylation is 1. The van der Waals surface area contributed by atoms with Crippen LogP contribution in [0.1, 0.15) is 11.1 Å². The highest BCUT2D eigenvalue weighted by Gasteiger charge is 2.21. The predicted octanol–water partition coefficient (Wildman–Crippen LogP) is 3.74. The van der Waals surface area contributed by atoms with Crippen LogP contribution in [0.5, 0.6) is 5.75 Å². The van der Waals surface area contributed by atoms with Gasteiger partial charge in [-0.05, 0) is 49.3 Å². The summed E-state index contributed by atoms with van der Waals surface area (Å²) in [7, 11) is 1.48. The number of non-ortho nitro benzene ring substituents is 1. The second-order valence-electron chi connectivity index (χ2n) is 6.76. The summed E-state index contributed by atoms with van der Waals surface area (Å²) in [5.74, 6) is 0.394. The molecule has 1 aliphatic heterocycles. The maximum Gasteiger partial charge on any atom is 0.273 e. The van der Waals surface area contributed by atoms with E-state index in [-0.39, 0.29) is 5.69 Å². The second kappa shape index (κ2) is 8.43. The summed E-state index contributed by atoms with van der Waals surface area (Å²) in [6, 6.07) is 10.8. The van der Waals surface area contributed by atoms with Crippen LogP contribution in [0.4, 0.5) is 17.1 Å². The number of rotatable bonds is 4. The van der Waals surface area contributed by atoms with Crippen LogP contribution in [0.25, 0.3) is 0 Å². The van der Waals surface area contributed by atoms with E-state index in [0.29, 0.717) is 16.5 Å². The van der Waals surface area contributed by atoms with Gasteiger partial charge in [0.1, 0.15) is 5.75 Å². The van der Waals surface area contributed by atoms with E-state index < -0.39 is 4.92 Å². The molecule has 0 spiro atoms. The van der Waals surface area contributed by atoms with Gasteiger partial charge in [-0.2, -0.15) is 0 Å². The third-order valence-electron chi connectivity index (χ3n) is 5.12. The third kappa shape index (κ3) is 4.17. The molecule has 0 unspecified atom stereocenters. The van der Waals surface area contributed by atoms with E-state index in [9.17, 15) is 10.1 Å². The van der Waals surface area contributed by atoms with E-state index >= 15 is 0 Å². The van der Waals surface area contributed by atoms with Crippen LogP contribution in [0.3, 0.4) is 0 Å². The van der Waals surface area contributed by atoms with Crippen molar-refractivity contribution in [2.75, 3.05) is 43.5 Å². The number of nitrogens with one attached hydrogen (secondary N) is 1. The van der Waals surface area contributed by atoms with E-state index in [0.717, 1.165) is 26.2 Å². The molecule has 0 amide bonds. The summed E-state index contributed by atoms with van der Waals surface area (Å²) in [6.45, 7) is 7.64. The zero-order valence-electron chi connectivity index (χ0n) is 16.3. The number of ether oxygens (including phenoxy) is 1. The summed E-state index contributed by atoms with van der Waals surface area (Å²) < 4.78 is 5.27. The monoisotopic (exact) mass is 400 g/mol. The number of nitro benzene ring substituents is 1. The van der Waals surface area contributed by atoms with Crippen LogP contribution < -0.4 is 15.0 Å². The Morgan fingerprint density at radius 1 is 1.18 bits per heavy atom. The van der Waals surface area contributed by atoms with Gasteiger partial charge in [0.2, 0.25) is 0 Å². The van der Waals surface area contributed by atoms with Crippen molar-refractivity contribution in [3.05, 3.63) is 57.6 Å². The Morgan fingerprint density at radius 2 is 1.89 bits per heavy atom. The van der Waals surface area contributed by atoms with Crippen LogP contribution >= 0.6 is 12.2 Å². The molecule has 0 bridgehead atoms. The molecule has 7 nitrogen and oxygen atoms in total. The molecule has 148 valence electrons. The first-order chi connectivity index (χ1) is 13.4. The largest absolute Gasteiger partial charge is 0.494 e. The molecule has 28 heavy (non-hydrogen) atoms. The quantitative estimate of drug-likeness (QED) is 0.476. The van der Waals surface area contributed by atoms with E-state index in [1.54, 1.807) is 6.07 Å². The number of benzene rings is 2. The van der Waals surface area contributed by atoms with Gasteiger partial charge in [0.15, 0.2) is 5.11 Å². The van der Waals surface area contributed by atoms with Crippen LogP contribution in [-0.4, -0.2) is 48.2 Å². The predicted molar refractivity (Wildman–Crippen MR) is 116 cm³/mol. The lowest BCUT2D eigenvalue weighted by Crippen LogP contribution is -2.50. The molecular formula is C20H24N4O3S. The first-order valence-electron chi connectivity index (χ1n) is 9.10. The van der Waals surface area contributed by atoms with Crippen molar-refractivity contribution >= 4 is 34.4 Å². The Morgan fingerprint density at radius 3 is 2.54 bits per heavy atom. The zero-order chi connectivity index (χ0) is 20.3. The highest BCUT2D eigenvalue weighted by atomic mass is 32.1. The van der Waals surface area contributed by atoms with E-state index in [2.05, 4.69) is 47.2 Å². The molecule has 1 aliphatic rings. The fraction of sp³-hybridized carbons (Fsp3) is 0.350.